The summed E-state index contributed by atoms with van der Waals surface area (Å²) in [6, 6.07) is 24.8. The molecule has 2 N–H and O–H groups in total. The van der Waals surface area contributed by atoms with Crippen molar-refractivity contribution in [1.82, 2.24) is 14.4 Å². The Labute approximate surface area is 192 Å². The molecule has 0 saturated carbocycles. The fourth-order valence-electron chi connectivity index (χ4n) is 3.85. The number of phenols is 1. The first-order chi connectivity index (χ1) is 16.0. The van der Waals surface area contributed by atoms with Gasteiger partial charge in [0, 0.05) is 23.8 Å². The predicted octanol–water partition coefficient (Wildman–Crippen LogP) is 5.77. The summed E-state index contributed by atoms with van der Waals surface area (Å²) in [5.41, 5.74) is 7.06. The third-order valence-corrected chi connectivity index (χ3v) is 5.71. The van der Waals surface area contributed by atoms with Crippen LogP contribution in [0.15, 0.2) is 91.6 Å². The van der Waals surface area contributed by atoms with Gasteiger partial charge in [-0.05, 0) is 42.3 Å². The molecule has 5 aromatic rings. The van der Waals surface area contributed by atoms with Gasteiger partial charge < -0.3 is 10.2 Å². The molecule has 5 heteroatoms. The number of aryl methyl sites for hydroxylation is 1. The van der Waals surface area contributed by atoms with E-state index < -0.39 is 0 Å². The van der Waals surface area contributed by atoms with Gasteiger partial charge in [-0.15, -0.1) is 0 Å². The number of imidazole rings is 1. The second kappa shape index (κ2) is 8.28. The van der Waals surface area contributed by atoms with Crippen molar-refractivity contribution < 1.29 is 10.2 Å². The molecule has 0 bridgehead atoms. The summed E-state index contributed by atoms with van der Waals surface area (Å²) in [5.74, 6) is 0.259. The van der Waals surface area contributed by atoms with Crippen molar-refractivity contribution in [2.24, 2.45) is 0 Å². The highest BCUT2D eigenvalue weighted by atomic mass is 16.3. The normalized spacial score (nSPS) is 11.1. The lowest BCUT2D eigenvalue weighted by atomic mass is 10.0. The van der Waals surface area contributed by atoms with Crippen LogP contribution in [0.4, 0.5) is 0 Å². The smallest absolute Gasteiger partial charge is 0.219 e. The number of nitrogens with zero attached hydrogens (tertiary/aromatic N) is 3. The van der Waals surface area contributed by atoms with E-state index in [9.17, 15) is 10.2 Å². The van der Waals surface area contributed by atoms with Crippen LogP contribution in [0, 0.1) is 6.92 Å². The third-order valence-electron chi connectivity index (χ3n) is 5.71. The van der Waals surface area contributed by atoms with Crippen molar-refractivity contribution in [3.63, 3.8) is 0 Å². The van der Waals surface area contributed by atoms with Crippen LogP contribution in [0.5, 0.6) is 11.6 Å². The average molecular weight is 434 g/mol. The molecule has 0 saturated heterocycles. The lowest BCUT2D eigenvalue weighted by Gasteiger charge is -2.10. The Morgan fingerprint density at radius 2 is 1.58 bits per heavy atom. The summed E-state index contributed by atoms with van der Waals surface area (Å²) in [7, 11) is 0. The van der Waals surface area contributed by atoms with Crippen LogP contribution < -0.4 is 0 Å². The van der Waals surface area contributed by atoms with Crippen molar-refractivity contribution in [2.45, 2.75) is 13.3 Å². The highest BCUT2D eigenvalue weighted by Crippen LogP contribution is 2.32. The maximum atomic E-state index is 11.1. The predicted molar refractivity (Wildman–Crippen MR) is 130 cm³/mol. The summed E-state index contributed by atoms with van der Waals surface area (Å²) in [4.78, 5) is 9.65. The number of benzene rings is 3. The molecule has 2 aromatic heterocycles. The molecule has 5 rings (SSSR count). The number of aromatic hydroxyl groups is 2. The van der Waals surface area contributed by atoms with Gasteiger partial charge in [0.05, 0.1) is 5.69 Å². The molecule has 3 aromatic carbocycles. The van der Waals surface area contributed by atoms with Gasteiger partial charge in [-0.1, -0.05) is 66.7 Å². The fraction of sp³-hybridized carbons (Fsp3) is 0.0714. The van der Waals surface area contributed by atoms with Gasteiger partial charge in [0.25, 0.3) is 0 Å². The fourth-order valence-corrected chi connectivity index (χ4v) is 3.85. The highest BCUT2D eigenvalue weighted by Gasteiger charge is 2.19. The third kappa shape index (κ3) is 3.96. The number of fused-ring (bicyclic) bond motifs is 1. The number of rotatable bonds is 5. The minimum absolute atomic E-state index is 0.0788. The van der Waals surface area contributed by atoms with Gasteiger partial charge in [0.2, 0.25) is 5.88 Å². The van der Waals surface area contributed by atoms with Crippen LogP contribution >= 0.6 is 0 Å². The summed E-state index contributed by atoms with van der Waals surface area (Å²) >= 11 is 0. The van der Waals surface area contributed by atoms with E-state index in [1.807, 2.05) is 49.4 Å². The average Bonchev–Trinajstić information content (AvgIpc) is 3.15. The molecule has 0 aliphatic heterocycles. The monoisotopic (exact) mass is 433 g/mol. The standard InChI is InChI=1S/C28H23N3O2/c1-18-8-10-20(11-9-18)16-24-28(33)31-17-25(22-12-14-23(32)15-13-22)29-26(27(31)30-24)19(2)21-6-4-3-5-7-21/h3-15,17,32-33H,2,16H2,1H3. The molecule has 162 valence electrons. The molecule has 0 amide bonds. The zero-order valence-corrected chi connectivity index (χ0v) is 18.2. The minimum Gasteiger partial charge on any atom is -0.508 e. The second-order valence-electron chi connectivity index (χ2n) is 8.10. The SMILES string of the molecule is C=C(c1ccccc1)c1nc(-c2ccc(O)cc2)cn2c(O)c(Cc3ccc(C)cc3)nc12. The lowest BCUT2D eigenvalue weighted by Crippen LogP contribution is -2.00. The molecule has 0 unspecified atom stereocenters. The molecule has 0 radical (unpaired) electrons. The van der Waals surface area contributed by atoms with Crippen molar-refractivity contribution in [2.75, 3.05) is 0 Å². The van der Waals surface area contributed by atoms with Crippen molar-refractivity contribution in [1.29, 1.82) is 0 Å². The van der Waals surface area contributed by atoms with Gasteiger partial charge in [-0.25, -0.2) is 9.97 Å². The number of aromatic nitrogens is 3. The quantitative estimate of drug-likeness (QED) is 0.369. The molecule has 0 aliphatic carbocycles. The van der Waals surface area contributed by atoms with Crippen LogP contribution in [0.1, 0.15) is 28.1 Å². The van der Waals surface area contributed by atoms with Crippen LogP contribution in [-0.2, 0) is 6.42 Å². The molecule has 2 heterocycles. The number of phenolic OH excluding ortho intramolecular Hbond substituents is 1. The Hall–Kier alpha value is -4.38. The van der Waals surface area contributed by atoms with Crippen molar-refractivity contribution in [3.05, 3.63) is 120 Å². The van der Waals surface area contributed by atoms with Gasteiger partial charge in [0.15, 0.2) is 5.65 Å². The Morgan fingerprint density at radius 3 is 2.27 bits per heavy atom. The molecular formula is C28H23N3O2. The van der Waals surface area contributed by atoms with E-state index in [2.05, 4.69) is 18.7 Å². The van der Waals surface area contributed by atoms with Gasteiger partial charge in [0.1, 0.15) is 17.1 Å². The largest absolute Gasteiger partial charge is 0.508 e. The van der Waals surface area contributed by atoms with Crippen molar-refractivity contribution >= 4 is 11.2 Å². The first-order valence-corrected chi connectivity index (χ1v) is 10.7. The molecule has 5 nitrogen and oxygen atoms in total. The van der Waals surface area contributed by atoms with E-state index in [0.29, 0.717) is 34.7 Å². The maximum Gasteiger partial charge on any atom is 0.219 e. The van der Waals surface area contributed by atoms with Crippen molar-refractivity contribution in [3.8, 4) is 22.9 Å². The minimum atomic E-state index is 0.0788. The summed E-state index contributed by atoms with van der Waals surface area (Å²) in [6.07, 6.45) is 2.27. The topological polar surface area (TPSA) is 70.7 Å². The molecule has 0 atom stereocenters. The Kier molecular flexibility index (Phi) is 5.15. The van der Waals surface area contributed by atoms with E-state index in [-0.39, 0.29) is 11.6 Å². The summed E-state index contributed by atoms with van der Waals surface area (Å²) in [5, 5.41) is 20.8. The zero-order chi connectivity index (χ0) is 22.9. The van der Waals surface area contributed by atoms with Crippen LogP contribution in [0.2, 0.25) is 0 Å². The molecular weight excluding hydrogens is 410 g/mol. The summed E-state index contributed by atoms with van der Waals surface area (Å²) < 4.78 is 1.67. The van der Waals surface area contributed by atoms with Crippen LogP contribution in [0.25, 0.3) is 22.5 Å². The Morgan fingerprint density at radius 1 is 0.879 bits per heavy atom. The van der Waals surface area contributed by atoms with Crippen LogP contribution in [0.3, 0.4) is 0 Å². The zero-order valence-electron chi connectivity index (χ0n) is 18.2. The van der Waals surface area contributed by atoms with E-state index in [1.165, 1.54) is 5.56 Å². The lowest BCUT2D eigenvalue weighted by molar-refractivity contribution is 0.442. The number of hydrogen-bond acceptors (Lipinski definition) is 4. The second-order valence-corrected chi connectivity index (χ2v) is 8.10. The molecule has 0 spiro atoms. The highest BCUT2D eigenvalue weighted by molar-refractivity contribution is 5.84. The molecule has 0 fully saturated rings. The van der Waals surface area contributed by atoms with Gasteiger partial charge in [-0.2, -0.15) is 0 Å². The Balaban J connectivity index is 1.68. The first kappa shape index (κ1) is 20.5. The maximum absolute atomic E-state index is 11.1. The van der Waals surface area contributed by atoms with Gasteiger partial charge >= 0.3 is 0 Å². The molecule has 33 heavy (non-hydrogen) atoms. The first-order valence-electron chi connectivity index (χ1n) is 10.7. The van der Waals surface area contributed by atoms with E-state index in [0.717, 1.165) is 16.7 Å². The summed E-state index contributed by atoms with van der Waals surface area (Å²) in [6.45, 7) is 6.34. The van der Waals surface area contributed by atoms with Gasteiger partial charge in [-0.3, -0.25) is 4.40 Å². The van der Waals surface area contributed by atoms with E-state index in [4.69, 9.17) is 9.97 Å². The van der Waals surface area contributed by atoms with E-state index >= 15 is 0 Å². The number of hydrogen-bond donors (Lipinski definition) is 2. The Bertz CT molecular complexity index is 1450. The van der Waals surface area contributed by atoms with E-state index in [1.54, 1.807) is 34.9 Å². The molecule has 0 aliphatic rings. The van der Waals surface area contributed by atoms with Crippen LogP contribution in [-0.4, -0.2) is 24.6 Å².